The van der Waals surface area contributed by atoms with E-state index >= 15 is 0 Å². The number of nitrogens with zero attached hydrogens (tertiary/aromatic N) is 3. The van der Waals surface area contributed by atoms with Crippen LogP contribution < -0.4 is 11.3 Å². The minimum atomic E-state index is -0.548. The maximum atomic E-state index is 10.7. The molecule has 0 aliphatic carbocycles. The third-order valence-electron chi connectivity index (χ3n) is 1.39. The zero-order valence-corrected chi connectivity index (χ0v) is 8.24. The smallest absolute Gasteiger partial charge is 0.303 e. The molecule has 0 radical (unpaired) electrons. The second-order valence-corrected chi connectivity index (χ2v) is 3.46. The Morgan fingerprint density at radius 1 is 1.71 bits per heavy atom. The van der Waals surface area contributed by atoms with E-state index in [1.807, 2.05) is 6.92 Å². The van der Waals surface area contributed by atoms with Crippen molar-refractivity contribution < 1.29 is 4.92 Å². The molecule has 0 aromatic carbocycles. The van der Waals surface area contributed by atoms with Gasteiger partial charge in [0.05, 0.1) is 4.92 Å². The standard InChI is InChI=1S/C6H9N5O2S/c1-2-14-6-4(11(12)13)5(10-7)8-3-9-6/h3H,2,7H2,1H3,(H,8,9,10). The molecule has 1 heterocycles. The molecule has 7 nitrogen and oxygen atoms in total. The molecule has 8 heteroatoms. The highest BCUT2D eigenvalue weighted by Crippen LogP contribution is 2.31. The Morgan fingerprint density at radius 3 is 2.93 bits per heavy atom. The summed E-state index contributed by atoms with van der Waals surface area (Å²) in [6, 6.07) is 0. The monoisotopic (exact) mass is 215 g/mol. The molecule has 0 unspecified atom stereocenters. The van der Waals surface area contributed by atoms with Crippen molar-refractivity contribution in [3.8, 4) is 0 Å². The molecule has 0 spiro atoms. The predicted octanol–water partition coefficient (Wildman–Crippen LogP) is 0.782. The van der Waals surface area contributed by atoms with Crippen molar-refractivity contribution in [1.82, 2.24) is 9.97 Å². The van der Waals surface area contributed by atoms with Crippen molar-refractivity contribution in [1.29, 1.82) is 0 Å². The fourth-order valence-electron chi connectivity index (χ4n) is 0.875. The lowest BCUT2D eigenvalue weighted by molar-refractivity contribution is -0.387. The molecule has 3 N–H and O–H groups in total. The van der Waals surface area contributed by atoms with Crippen LogP contribution >= 0.6 is 11.8 Å². The number of anilines is 1. The van der Waals surface area contributed by atoms with Gasteiger partial charge in [-0.25, -0.2) is 15.8 Å². The molecule has 0 amide bonds. The van der Waals surface area contributed by atoms with Crippen LogP contribution in [-0.4, -0.2) is 20.6 Å². The lowest BCUT2D eigenvalue weighted by atomic mass is 10.5. The van der Waals surface area contributed by atoms with Crippen LogP contribution in [0.25, 0.3) is 0 Å². The summed E-state index contributed by atoms with van der Waals surface area (Å²) in [5.41, 5.74) is 1.99. The minimum Gasteiger partial charge on any atom is -0.303 e. The second-order valence-electron chi connectivity index (χ2n) is 2.21. The number of nitrogens with one attached hydrogen (secondary N) is 1. The number of nitrogen functional groups attached to an aromatic ring is 1. The molecule has 0 bridgehead atoms. The van der Waals surface area contributed by atoms with E-state index in [0.29, 0.717) is 10.8 Å². The molecule has 0 aliphatic heterocycles. The van der Waals surface area contributed by atoms with Crippen LogP contribution in [0.15, 0.2) is 11.4 Å². The van der Waals surface area contributed by atoms with E-state index in [9.17, 15) is 10.1 Å². The maximum absolute atomic E-state index is 10.7. The largest absolute Gasteiger partial charge is 0.344 e. The van der Waals surface area contributed by atoms with Gasteiger partial charge in [-0.05, 0) is 5.75 Å². The van der Waals surface area contributed by atoms with Crippen molar-refractivity contribution in [2.45, 2.75) is 11.9 Å². The molecule has 0 saturated heterocycles. The lowest BCUT2D eigenvalue weighted by Crippen LogP contribution is -2.12. The minimum absolute atomic E-state index is 0.0287. The summed E-state index contributed by atoms with van der Waals surface area (Å²) in [5, 5.41) is 11.0. The summed E-state index contributed by atoms with van der Waals surface area (Å²) in [6.07, 6.45) is 1.24. The van der Waals surface area contributed by atoms with Gasteiger partial charge in [-0.1, -0.05) is 18.7 Å². The second kappa shape index (κ2) is 4.72. The highest BCUT2D eigenvalue weighted by Gasteiger charge is 2.21. The average Bonchev–Trinajstić information content (AvgIpc) is 2.17. The lowest BCUT2D eigenvalue weighted by Gasteiger charge is -2.03. The van der Waals surface area contributed by atoms with Gasteiger partial charge in [0.2, 0.25) is 5.82 Å². The number of nitrogens with two attached hydrogens (primary N) is 1. The number of rotatable bonds is 4. The first-order valence-electron chi connectivity index (χ1n) is 3.79. The molecular formula is C6H9N5O2S. The fraction of sp³-hybridized carbons (Fsp3) is 0.333. The number of thioether (sulfide) groups is 1. The van der Waals surface area contributed by atoms with Crippen molar-refractivity contribution in [3.05, 3.63) is 16.4 Å². The Balaban J connectivity index is 3.20. The van der Waals surface area contributed by atoms with Crippen LogP contribution in [-0.2, 0) is 0 Å². The number of hydrogen-bond donors (Lipinski definition) is 2. The summed E-state index contributed by atoms with van der Waals surface area (Å²) in [6.45, 7) is 1.88. The summed E-state index contributed by atoms with van der Waals surface area (Å²) in [5.74, 6) is 5.82. The quantitative estimate of drug-likeness (QED) is 0.251. The number of hydrazine groups is 1. The molecule has 0 atom stereocenters. The van der Waals surface area contributed by atoms with Crippen LogP contribution in [0.1, 0.15) is 6.92 Å². The Morgan fingerprint density at radius 2 is 2.43 bits per heavy atom. The highest BCUT2D eigenvalue weighted by atomic mass is 32.2. The highest BCUT2D eigenvalue weighted by molar-refractivity contribution is 7.99. The molecule has 0 fully saturated rings. The maximum Gasteiger partial charge on any atom is 0.344 e. The van der Waals surface area contributed by atoms with Gasteiger partial charge >= 0.3 is 5.69 Å². The van der Waals surface area contributed by atoms with E-state index in [2.05, 4.69) is 15.4 Å². The van der Waals surface area contributed by atoms with Crippen molar-refractivity contribution >= 4 is 23.3 Å². The van der Waals surface area contributed by atoms with Crippen molar-refractivity contribution in [2.75, 3.05) is 11.2 Å². The van der Waals surface area contributed by atoms with Crippen LogP contribution in [0, 0.1) is 10.1 Å². The fourth-order valence-corrected chi connectivity index (χ4v) is 1.58. The Bertz CT molecular complexity index is 345. The zero-order valence-electron chi connectivity index (χ0n) is 7.43. The number of hydrogen-bond acceptors (Lipinski definition) is 7. The molecule has 1 aromatic heterocycles. The first-order chi connectivity index (χ1) is 6.70. The van der Waals surface area contributed by atoms with E-state index in [1.165, 1.54) is 18.1 Å². The van der Waals surface area contributed by atoms with E-state index < -0.39 is 4.92 Å². The summed E-state index contributed by atoms with van der Waals surface area (Å²) < 4.78 is 0. The summed E-state index contributed by atoms with van der Waals surface area (Å²) in [7, 11) is 0. The van der Waals surface area contributed by atoms with Gasteiger partial charge in [-0.3, -0.25) is 10.1 Å². The third kappa shape index (κ3) is 2.09. The van der Waals surface area contributed by atoms with Gasteiger partial charge in [0.15, 0.2) is 5.03 Å². The molecular weight excluding hydrogens is 206 g/mol. The van der Waals surface area contributed by atoms with Gasteiger partial charge in [-0.2, -0.15) is 0 Å². The van der Waals surface area contributed by atoms with Gasteiger partial charge in [-0.15, -0.1) is 0 Å². The van der Waals surface area contributed by atoms with Gasteiger partial charge in [0.25, 0.3) is 0 Å². The first-order valence-corrected chi connectivity index (χ1v) is 4.78. The van der Waals surface area contributed by atoms with Crippen LogP contribution in [0.5, 0.6) is 0 Å². The predicted molar refractivity (Wildman–Crippen MR) is 52.9 cm³/mol. The van der Waals surface area contributed by atoms with Gasteiger partial charge in [0.1, 0.15) is 6.33 Å². The van der Waals surface area contributed by atoms with Crippen molar-refractivity contribution in [3.63, 3.8) is 0 Å². The molecule has 0 aliphatic rings. The van der Waals surface area contributed by atoms with Crippen molar-refractivity contribution in [2.24, 2.45) is 5.84 Å². The first kappa shape index (κ1) is 10.7. The Kier molecular flexibility index (Phi) is 3.60. The molecule has 1 aromatic rings. The SMILES string of the molecule is CCSc1ncnc(NN)c1[N+](=O)[O-]. The number of aromatic nitrogens is 2. The summed E-state index contributed by atoms with van der Waals surface area (Å²) >= 11 is 1.27. The normalized spacial score (nSPS) is 9.86. The van der Waals surface area contributed by atoms with Crippen LogP contribution in [0.3, 0.4) is 0 Å². The average molecular weight is 215 g/mol. The molecule has 0 saturated carbocycles. The molecule has 76 valence electrons. The number of nitro groups is 1. The molecule has 1 rings (SSSR count). The van der Waals surface area contributed by atoms with Crippen LogP contribution in [0.4, 0.5) is 11.5 Å². The van der Waals surface area contributed by atoms with E-state index in [0.717, 1.165) is 0 Å². The van der Waals surface area contributed by atoms with Gasteiger partial charge < -0.3 is 5.43 Å². The topological polar surface area (TPSA) is 107 Å². The van der Waals surface area contributed by atoms with E-state index in [1.54, 1.807) is 0 Å². The Hall–Kier alpha value is -1.41. The van der Waals surface area contributed by atoms with E-state index in [-0.39, 0.29) is 11.5 Å². The Labute approximate surface area is 84.2 Å². The molecule has 14 heavy (non-hydrogen) atoms. The third-order valence-corrected chi connectivity index (χ3v) is 2.25. The van der Waals surface area contributed by atoms with E-state index in [4.69, 9.17) is 5.84 Å². The van der Waals surface area contributed by atoms with Crippen LogP contribution in [0.2, 0.25) is 0 Å². The zero-order chi connectivity index (χ0) is 10.6. The summed E-state index contributed by atoms with van der Waals surface area (Å²) in [4.78, 5) is 17.6. The van der Waals surface area contributed by atoms with Gasteiger partial charge in [0, 0.05) is 0 Å².